The lowest BCUT2D eigenvalue weighted by atomic mass is 9.82. The summed E-state index contributed by atoms with van der Waals surface area (Å²) in [5.74, 6) is -1.23. The van der Waals surface area contributed by atoms with Crippen molar-refractivity contribution in [2.24, 2.45) is 5.73 Å². The molecule has 4 heteroatoms. The molecule has 0 aromatic heterocycles. The van der Waals surface area contributed by atoms with Gasteiger partial charge in [0.15, 0.2) is 6.10 Å². The number of hydrogen-bond donors (Lipinski definition) is 3. The summed E-state index contributed by atoms with van der Waals surface area (Å²) in [6.07, 6.45) is 27.4. The zero-order valence-electron chi connectivity index (χ0n) is 24.7. The Labute approximate surface area is 229 Å². The highest BCUT2D eigenvalue weighted by molar-refractivity contribution is 5.73. The van der Waals surface area contributed by atoms with Crippen LogP contribution < -0.4 is 5.73 Å². The van der Waals surface area contributed by atoms with Gasteiger partial charge < -0.3 is 15.9 Å². The molecule has 1 rings (SSSR count). The van der Waals surface area contributed by atoms with E-state index in [0.717, 1.165) is 0 Å². The lowest BCUT2D eigenvalue weighted by Gasteiger charge is -2.30. The average Bonchev–Trinajstić information content (AvgIpc) is 2.90. The van der Waals surface area contributed by atoms with Gasteiger partial charge in [-0.25, -0.2) is 4.79 Å². The molecule has 4 nitrogen and oxygen atoms in total. The number of aliphatic hydroxyl groups excluding tert-OH is 1. The molecule has 216 valence electrons. The summed E-state index contributed by atoms with van der Waals surface area (Å²) >= 11 is 0. The number of aliphatic carboxylic acids is 1. The highest BCUT2D eigenvalue weighted by Crippen LogP contribution is 2.27. The fourth-order valence-electron chi connectivity index (χ4n) is 4.93. The van der Waals surface area contributed by atoms with E-state index in [0.29, 0.717) is 5.56 Å². The first-order chi connectivity index (χ1) is 17.9. The summed E-state index contributed by atoms with van der Waals surface area (Å²) in [6.45, 7) is 6.89. The van der Waals surface area contributed by atoms with Crippen LogP contribution in [0, 0.1) is 0 Å². The van der Waals surface area contributed by atoms with E-state index in [9.17, 15) is 4.79 Å². The van der Waals surface area contributed by atoms with Gasteiger partial charge in [0.1, 0.15) is 0 Å². The topological polar surface area (TPSA) is 83.6 Å². The van der Waals surface area contributed by atoms with Crippen molar-refractivity contribution in [3.05, 3.63) is 35.9 Å². The highest BCUT2D eigenvalue weighted by atomic mass is 16.4. The van der Waals surface area contributed by atoms with E-state index in [2.05, 4.69) is 20.8 Å². The van der Waals surface area contributed by atoms with Crippen molar-refractivity contribution in [2.45, 2.75) is 167 Å². The Morgan fingerprint density at radius 1 is 0.649 bits per heavy atom. The molecule has 0 saturated heterocycles. The largest absolute Gasteiger partial charge is 0.479 e. The van der Waals surface area contributed by atoms with Crippen LogP contribution in [0.4, 0.5) is 0 Å². The maximum Gasteiger partial charge on any atom is 0.337 e. The zero-order chi connectivity index (χ0) is 27.6. The molecule has 0 aliphatic carbocycles. The molecule has 1 atom stereocenters. The molecule has 0 heterocycles. The van der Waals surface area contributed by atoms with Crippen molar-refractivity contribution in [1.29, 1.82) is 0 Å². The Balaban J connectivity index is 0.000000970. The van der Waals surface area contributed by atoms with Gasteiger partial charge in [0.05, 0.1) is 0 Å². The van der Waals surface area contributed by atoms with Crippen LogP contribution in [0.15, 0.2) is 30.3 Å². The molecule has 0 amide bonds. The van der Waals surface area contributed by atoms with E-state index < -0.39 is 12.1 Å². The second-order valence-electron chi connectivity index (χ2n) is 11.1. The summed E-state index contributed by atoms with van der Waals surface area (Å²) in [5.41, 5.74) is 7.46. The summed E-state index contributed by atoms with van der Waals surface area (Å²) in [4.78, 5) is 10.2. The van der Waals surface area contributed by atoms with Crippen LogP contribution >= 0.6 is 0 Å². The van der Waals surface area contributed by atoms with Gasteiger partial charge >= 0.3 is 5.97 Å². The zero-order valence-corrected chi connectivity index (χ0v) is 24.7. The van der Waals surface area contributed by atoms with Crippen LogP contribution in [0.5, 0.6) is 0 Å². The summed E-state index contributed by atoms with van der Waals surface area (Å²) in [5, 5.41) is 17.4. The summed E-state index contributed by atoms with van der Waals surface area (Å²) in [7, 11) is 0. The molecule has 0 saturated carbocycles. The summed E-state index contributed by atoms with van der Waals surface area (Å²) in [6, 6.07) is 8.26. The normalized spacial score (nSPS) is 12.1. The smallest absolute Gasteiger partial charge is 0.337 e. The minimum Gasteiger partial charge on any atom is -0.479 e. The number of carboxylic acid groups (broad SMARTS) is 1. The lowest BCUT2D eigenvalue weighted by Crippen LogP contribution is -2.39. The van der Waals surface area contributed by atoms with Gasteiger partial charge in [0.2, 0.25) is 0 Å². The number of unbranched alkanes of at least 4 members (excludes halogenated alkanes) is 15. The molecular weight excluding hydrogens is 458 g/mol. The fraction of sp³-hybridized carbons (Fsp3) is 0.788. The Bertz CT molecular complexity index is 578. The molecule has 1 aromatic rings. The van der Waals surface area contributed by atoms with Crippen molar-refractivity contribution >= 4 is 5.97 Å². The average molecular weight is 520 g/mol. The van der Waals surface area contributed by atoms with Crippen LogP contribution in [0.1, 0.15) is 167 Å². The number of benzene rings is 1. The number of carbonyl (C=O) groups is 1. The van der Waals surface area contributed by atoms with E-state index in [-0.39, 0.29) is 5.54 Å². The molecule has 0 aliphatic rings. The quantitative estimate of drug-likeness (QED) is 0.126. The molecule has 0 bridgehead atoms. The molecule has 4 N–H and O–H groups in total. The number of carboxylic acids is 1. The maximum absolute atomic E-state index is 10.2. The Morgan fingerprint density at radius 3 is 1.30 bits per heavy atom. The van der Waals surface area contributed by atoms with E-state index in [1.54, 1.807) is 30.3 Å². The highest BCUT2D eigenvalue weighted by Gasteiger charge is 2.23. The molecule has 0 spiro atoms. The van der Waals surface area contributed by atoms with Crippen LogP contribution in [0.2, 0.25) is 0 Å². The standard InChI is InChI=1S/C25H53N.C8H8O3/c1-4-7-10-13-16-19-22-25(26,23-20-17-14-11-8-5-2)24-21-18-15-12-9-6-3;9-7(8(10)11)6-4-2-1-3-5-6/h4-24,26H2,1-3H3;1-5,7,9H,(H,10,11). The Morgan fingerprint density at radius 2 is 0.973 bits per heavy atom. The van der Waals surface area contributed by atoms with E-state index in [4.69, 9.17) is 15.9 Å². The number of aliphatic hydroxyl groups is 1. The number of nitrogens with two attached hydrogens (primary N) is 1. The van der Waals surface area contributed by atoms with Crippen molar-refractivity contribution < 1.29 is 15.0 Å². The minimum atomic E-state index is -1.41. The molecule has 0 radical (unpaired) electrons. The first-order valence-electron chi connectivity index (χ1n) is 15.6. The van der Waals surface area contributed by atoms with Crippen LogP contribution in [-0.2, 0) is 4.79 Å². The molecule has 1 unspecified atom stereocenters. The monoisotopic (exact) mass is 519 g/mol. The van der Waals surface area contributed by atoms with Crippen molar-refractivity contribution in [3.63, 3.8) is 0 Å². The first kappa shape index (κ1) is 35.6. The van der Waals surface area contributed by atoms with Crippen LogP contribution in [0.25, 0.3) is 0 Å². The van der Waals surface area contributed by atoms with Gasteiger partial charge in [-0.15, -0.1) is 0 Å². The minimum absolute atomic E-state index is 0.139. The second kappa shape index (κ2) is 24.9. The molecule has 37 heavy (non-hydrogen) atoms. The Hall–Kier alpha value is -1.39. The SMILES string of the molecule is CCCCCCCCC(N)(CCCCCCCC)CCCCCCCC.O=C(O)C(O)c1ccccc1. The van der Waals surface area contributed by atoms with Gasteiger partial charge in [-0.05, 0) is 24.8 Å². The van der Waals surface area contributed by atoms with Crippen molar-refractivity contribution in [3.8, 4) is 0 Å². The third-order valence-corrected chi connectivity index (χ3v) is 7.43. The molecular formula is C33H61NO3. The van der Waals surface area contributed by atoms with Gasteiger partial charge in [-0.3, -0.25) is 0 Å². The number of hydrogen-bond acceptors (Lipinski definition) is 3. The van der Waals surface area contributed by atoms with Gasteiger partial charge in [0, 0.05) is 5.54 Å². The third kappa shape index (κ3) is 21.3. The fourth-order valence-corrected chi connectivity index (χ4v) is 4.93. The summed E-state index contributed by atoms with van der Waals surface area (Å²) < 4.78 is 0. The van der Waals surface area contributed by atoms with Crippen molar-refractivity contribution in [1.82, 2.24) is 0 Å². The third-order valence-electron chi connectivity index (χ3n) is 7.43. The van der Waals surface area contributed by atoms with Crippen molar-refractivity contribution in [2.75, 3.05) is 0 Å². The van der Waals surface area contributed by atoms with Gasteiger partial charge in [0.25, 0.3) is 0 Å². The van der Waals surface area contributed by atoms with Crippen LogP contribution in [0.3, 0.4) is 0 Å². The Kier molecular flexibility index (Phi) is 24.0. The molecule has 0 fully saturated rings. The number of rotatable bonds is 23. The van der Waals surface area contributed by atoms with E-state index in [1.807, 2.05) is 0 Å². The van der Waals surface area contributed by atoms with E-state index in [1.165, 1.54) is 135 Å². The van der Waals surface area contributed by atoms with Gasteiger partial charge in [-0.1, -0.05) is 167 Å². The predicted octanol–water partition coefficient (Wildman–Crippen LogP) is 9.74. The first-order valence-corrected chi connectivity index (χ1v) is 15.6. The second-order valence-corrected chi connectivity index (χ2v) is 11.1. The van der Waals surface area contributed by atoms with E-state index >= 15 is 0 Å². The molecule has 0 aliphatic heterocycles. The predicted molar refractivity (Wildman–Crippen MR) is 160 cm³/mol. The molecule has 1 aromatic carbocycles. The van der Waals surface area contributed by atoms with Crippen LogP contribution in [-0.4, -0.2) is 21.7 Å². The van der Waals surface area contributed by atoms with Gasteiger partial charge in [-0.2, -0.15) is 0 Å². The lowest BCUT2D eigenvalue weighted by molar-refractivity contribution is -0.146. The maximum atomic E-state index is 10.2.